The van der Waals surface area contributed by atoms with E-state index in [9.17, 15) is 0 Å². The highest BCUT2D eigenvalue weighted by molar-refractivity contribution is 6.23. The normalized spacial score (nSPS) is 11.3. The van der Waals surface area contributed by atoms with Crippen molar-refractivity contribution in [2.45, 2.75) is 0 Å². The summed E-state index contributed by atoms with van der Waals surface area (Å²) >= 11 is 0. The zero-order valence-electron chi connectivity index (χ0n) is 29.6. The zero-order valence-corrected chi connectivity index (χ0v) is 29.6. The lowest BCUT2D eigenvalue weighted by Crippen LogP contribution is -2.10. The first-order chi connectivity index (χ1) is 26.8. The van der Waals surface area contributed by atoms with E-state index < -0.39 is 0 Å². The van der Waals surface area contributed by atoms with Crippen LogP contribution in [0.4, 0.5) is 17.1 Å². The molecule has 0 atom stereocenters. The number of furan rings is 1. The highest BCUT2D eigenvalue weighted by atomic mass is 16.3. The van der Waals surface area contributed by atoms with Gasteiger partial charge in [0.05, 0.1) is 5.69 Å². The molecule has 0 unspecified atom stereocenters. The van der Waals surface area contributed by atoms with E-state index >= 15 is 0 Å². The molecule has 1 heterocycles. The summed E-state index contributed by atoms with van der Waals surface area (Å²) < 4.78 is 6.84. The van der Waals surface area contributed by atoms with Crippen LogP contribution in [0.5, 0.6) is 0 Å². The Bertz CT molecular complexity index is 2910. The van der Waals surface area contributed by atoms with Gasteiger partial charge >= 0.3 is 0 Å². The second-order valence-electron chi connectivity index (χ2n) is 13.7. The SMILES string of the molecule is c1ccc(-c2ccc(N(c3cccc(-c4ccccc4)c3)c3cc4c(oc5cccc(-c6ccccc6-c6ccccc6)c54)c4ccccc34)cc2)cc1. The molecular formula is C52H35NO. The standard InChI is InChI=1S/C52H35NO/c1-4-16-36(17-5-1)38-30-32-41(33-31-38)53(42-23-14-22-40(34-42)37-18-6-2-7-19-37)49-35-48-51-46(44-25-11-10-24-43(44)39-20-8-3-9-21-39)28-15-29-50(51)54-52(48)47-27-13-12-26-45(47)49/h1-35H. The van der Waals surface area contributed by atoms with E-state index in [1.54, 1.807) is 0 Å². The lowest BCUT2D eigenvalue weighted by molar-refractivity contribution is 0.673. The first-order valence-electron chi connectivity index (χ1n) is 18.4. The van der Waals surface area contributed by atoms with E-state index in [-0.39, 0.29) is 0 Å². The smallest absolute Gasteiger partial charge is 0.143 e. The summed E-state index contributed by atoms with van der Waals surface area (Å²) in [4.78, 5) is 2.41. The molecule has 0 spiro atoms. The van der Waals surface area contributed by atoms with Gasteiger partial charge in [-0.15, -0.1) is 0 Å². The van der Waals surface area contributed by atoms with Crippen molar-refractivity contribution >= 4 is 49.8 Å². The van der Waals surface area contributed by atoms with E-state index in [2.05, 4.69) is 217 Å². The molecule has 0 aliphatic carbocycles. The van der Waals surface area contributed by atoms with Crippen LogP contribution in [0.15, 0.2) is 217 Å². The van der Waals surface area contributed by atoms with Crippen molar-refractivity contribution in [3.05, 3.63) is 212 Å². The topological polar surface area (TPSA) is 16.4 Å². The highest BCUT2D eigenvalue weighted by Gasteiger charge is 2.23. The molecule has 0 amide bonds. The van der Waals surface area contributed by atoms with Crippen LogP contribution >= 0.6 is 0 Å². The van der Waals surface area contributed by atoms with Gasteiger partial charge in [0.15, 0.2) is 0 Å². The van der Waals surface area contributed by atoms with Gasteiger partial charge in [-0.25, -0.2) is 0 Å². The van der Waals surface area contributed by atoms with Gasteiger partial charge in [-0.1, -0.05) is 176 Å². The fourth-order valence-electron chi connectivity index (χ4n) is 7.94. The number of nitrogens with zero attached hydrogens (tertiary/aromatic N) is 1. The summed E-state index contributed by atoms with van der Waals surface area (Å²) in [5.41, 5.74) is 14.4. The van der Waals surface area contributed by atoms with Crippen LogP contribution in [0.2, 0.25) is 0 Å². The van der Waals surface area contributed by atoms with Crippen LogP contribution in [0, 0.1) is 0 Å². The summed E-state index contributed by atoms with van der Waals surface area (Å²) in [5.74, 6) is 0. The van der Waals surface area contributed by atoms with Crippen LogP contribution in [-0.4, -0.2) is 0 Å². The molecule has 0 aliphatic rings. The Balaban J connectivity index is 1.24. The largest absolute Gasteiger partial charge is 0.455 e. The van der Waals surface area contributed by atoms with Crippen molar-refractivity contribution in [1.82, 2.24) is 0 Å². The molecule has 254 valence electrons. The van der Waals surface area contributed by atoms with Gasteiger partial charge in [0.2, 0.25) is 0 Å². The van der Waals surface area contributed by atoms with E-state index in [1.165, 1.54) is 33.4 Å². The molecule has 0 radical (unpaired) electrons. The van der Waals surface area contributed by atoms with E-state index in [4.69, 9.17) is 4.42 Å². The molecule has 2 nitrogen and oxygen atoms in total. The fourth-order valence-corrected chi connectivity index (χ4v) is 7.94. The average Bonchev–Trinajstić information content (AvgIpc) is 3.64. The van der Waals surface area contributed by atoms with Crippen LogP contribution < -0.4 is 4.90 Å². The first-order valence-corrected chi connectivity index (χ1v) is 18.4. The number of fused-ring (bicyclic) bond motifs is 5. The minimum absolute atomic E-state index is 0.873. The van der Waals surface area contributed by atoms with Crippen LogP contribution in [0.1, 0.15) is 0 Å². The maximum absolute atomic E-state index is 6.84. The average molecular weight is 690 g/mol. The fraction of sp³-hybridized carbons (Fsp3) is 0. The van der Waals surface area contributed by atoms with E-state index in [0.717, 1.165) is 60.9 Å². The summed E-state index contributed by atoms with van der Waals surface area (Å²) in [7, 11) is 0. The molecule has 54 heavy (non-hydrogen) atoms. The maximum Gasteiger partial charge on any atom is 0.143 e. The number of anilines is 3. The lowest BCUT2D eigenvalue weighted by atomic mass is 9.91. The third kappa shape index (κ3) is 5.53. The van der Waals surface area contributed by atoms with E-state index in [0.29, 0.717) is 0 Å². The van der Waals surface area contributed by atoms with Crippen LogP contribution in [0.3, 0.4) is 0 Å². The zero-order chi connectivity index (χ0) is 35.8. The van der Waals surface area contributed by atoms with Crippen molar-refractivity contribution in [1.29, 1.82) is 0 Å². The van der Waals surface area contributed by atoms with Crippen LogP contribution in [-0.2, 0) is 0 Å². The molecule has 1 aromatic heterocycles. The van der Waals surface area contributed by atoms with E-state index in [1.807, 2.05) is 0 Å². The summed E-state index contributed by atoms with van der Waals surface area (Å²) in [6.45, 7) is 0. The molecule has 0 bridgehead atoms. The molecule has 0 saturated heterocycles. The van der Waals surface area contributed by atoms with Gasteiger partial charge < -0.3 is 9.32 Å². The Morgan fingerprint density at radius 2 is 0.852 bits per heavy atom. The van der Waals surface area contributed by atoms with Crippen molar-refractivity contribution in [3.8, 4) is 44.5 Å². The molecule has 9 aromatic carbocycles. The van der Waals surface area contributed by atoms with Crippen LogP contribution in [0.25, 0.3) is 77.2 Å². The van der Waals surface area contributed by atoms with Crippen molar-refractivity contribution in [3.63, 3.8) is 0 Å². The maximum atomic E-state index is 6.84. The Hall–Kier alpha value is -7.16. The molecule has 0 saturated carbocycles. The van der Waals surface area contributed by atoms with Gasteiger partial charge in [0.1, 0.15) is 11.2 Å². The molecule has 2 heteroatoms. The molecule has 0 aliphatic heterocycles. The van der Waals surface area contributed by atoms with Gasteiger partial charge in [-0.2, -0.15) is 0 Å². The summed E-state index contributed by atoms with van der Waals surface area (Å²) in [5, 5.41) is 4.39. The van der Waals surface area contributed by atoms with Gasteiger partial charge in [-0.3, -0.25) is 0 Å². The quantitative estimate of drug-likeness (QED) is 0.166. The lowest BCUT2D eigenvalue weighted by Gasteiger charge is -2.28. The van der Waals surface area contributed by atoms with Gasteiger partial charge in [-0.05, 0) is 80.9 Å². The summed E-state index contributed by atoms with van der Waals surface area (Å²) in [6, 6.07) is 75.8. The Labute approximate surface area is 314 Å². The second-order valence-corrected chi connectivity index (χ2v) is 13.7. The van der Waals surface area contributed by atoms with Crippen molar-refractivity contribution in [2.24, 2.45) is 0 Å². The predicted octanol–water partition coefficient (Wildman–Crippen LogP) is 14.9. The second kappa shape index (κ2) is 13.4. The van der Waals surface area contributed by atoms with Crippen molar-refractivity contribution in [2.75, 3.05) is 4.90 Å². The highest BCUT2D eigenvalue weighted by Crippen LogP contribution is 2.47. The predicted molar refractivity (Wildman–Crippen MR) is 228 cm³/mol. The Morgan fingerprint density at radius 1 is 0.315 bits per heavy atom. The Morgan fingerprint density at radius 3 is 1.57 bits per heavy atom. The third-order valence-corrected chi connectivity index (χ3v) is 10.5. The van der Waals surface area contributed by atoms with Gasteiger partial charge in [0, 0.05) is 32.9 Å². The molecule has 0 fully saturated rings. The van der Waals surface area contributed by atoms with Crippen molar-refractivity contribution < 1.29 is 4.42 Å². The first kappa shape index (κ1) is 31.6. The molecular weight excluding hydrogens is 655 g/mol. The number of hydrogen-bond donors (Lipinski definition) is 0. The number of rotatable bonds is 7. The Kier molecular flexibility index (Phi) is 7.85. The summed E-state index contributed by atoms with van der Waals surface area (Å²) in [6.07, 6.45) is 0. The minimum atomic E-state index is 0.873. The molecule has 0 N–H and O–H groups in total. The third-order valence-electron chi connectivity index (χ3n) is 10.5. The molecule has 10 rings (SSSR count). The monoisotopic (exact) mass is 689 g/mol. The minimum Gasteiger partial charge on any atom is -0.455 e. The number of hydrogen-bond acceptors (Lipinski definition) is 2. The van der Waals surface area contributed by atoms with Gasteiger partial charge in [0.25, 0.3) is 0 Å². The molecule has 10 aromatic rings. The number of benzene rings is 9.